The Morgan fingerprint density at radius 1 is 1.47 bits per heavy atom. The first-order valence-electron chi connectivity index (χ1n) is 5.22. The van der Waals surface area contributed by atoms with Crippen LogP contribution in [-0.2, 0) is 9.22 Å². The Hall–Kier alpha value is -0.633. The molecule has 86 valence electrons. The van der Waals surface area contributed by atoms with Crippen molar-refractivity contribution in [3.05, 3.63) is 18.4 Å². The quantitative estimate of drug-likeness (QED) is 0.408. The maximum absolute atomic E-state index is 10.5. The normalized spacial score (nSPS) is 14.2. The molecule has 2 nitrogen and oxygen atoms in total. The summed E-state index contributed by atoms with van der Waals surface area (Å²) in [4.78, 5) is 10.5. The van der Waals surface area contributed by atoms with E-state index < -0.39 is 8.32 Å². The maximum Gasteiger partial charge on any atom is 0.192 e. The van der Waals surface area contributed by atoms with Gasteiger partial charge >= 0.3 is 0 Å². The summed E-state index contributed by atoms with van der Waals surface area (Å²) in [6, 6.07) is 0. The van der Waals surface area contributed by atoms with Gasteiger partial charge in [-0.05, 0) is 24.2 Å². The van der Waals surface area contributed by atoms with Crippen LogP contribution in [0.15, 0.2) is 18.4 Å². The lowest BCUT2D eigenvalue weighted by Crippen LogP contribution is -2.43. The van der Waals surface area contributed by atoms with E-state index in [0.29, 0.717) is 6.42 Å². The third-order valence-electron chi connectivity index (χ3n) is 2.88. The number of hydrogen-bond donors (Lipinski definition) is 0. The molecule has 0 aliphatic carbocycles. The SMILES string of the molecule is C=C=CC(CC=O)O[Si](C)(C)C(C)(C)C. The molecule has 0 aromatic rings. The van der Waals surface area contributed by atoms with Gasteiger partial charge in [-0.25, -0.2) is 0 Å². The lowest BCUT2D eigenvalue weighted by Gasteiger charge is -2.38. The number of aldehydes is 1. The van der Waals surface area contributed by atoms with Gasteiger partial charge in [-0.3, -0.25) is 0 Å². The fourth-order valence-corrected chi connectivity index (χ4v) is 2.21. The molecule has 0 bridgehead atoms. The van der Waals surface area contributed by atoms with Gasteiger partial charge in [0.15, 0.2) is 8.32 Å². The molecular weight excluding hydrogens is 204 g/mol. The lowest BCUT2D eigenvalue weighted by atomic mass is 10.2. The highest BCUT2D eigenvalue weighted by atomic mass is 28.4. The van der Waals surface area contributed by atoms with Crippen LogP contribution in [0.3, 0.4) is 0 Å². The topological polar surface area (TPSA) is 26.3 Å². The number of carbonyl (C=O) groups excluding carboxylic acids is 1. The van der Waals surface area contributed by atoms with Gasteiger partial charge in [0, 0.05) is 6.42 Å². The Kier molecular flexibility index (Phi) is 5.22. The monoisotopic (exact) mass is 226 g/mol. The minimum atomic E-state index is -1.80. The molecular formula is C12H22O2Si. The molecule has 0 amide bonds. The van der Waals surface area contributed by atoms with E-state index in [-0.39, 0.29) is 11.1 Å². The smallest absolute Gasteiger partial charge is 0.192 e. The van der Waals surface area contributed by atoms with Crippen LogP contribution in [-0.4, -0.2) is 20.7 Å². The standard InChI is InChI=1S/C12H22O2Si/c1-7-8-11(9-10-13)14-15(5,6)12(2,3)4/h8,10-11H,1,9H2,2-6H3. The number of rotatable bonds is 5. The first-order chi connectivity index (χ1) is 6.74. The first kappa shape index (κ1) is 14.4. The van der Waals surface area contributed by atoms with E-state index >= 15 is 0 Å². The van der Waals surface area contributed by atoms with Crippen molar-refractivity contribution in [2.45, 2.75) is 51.4 Å². The van der Waals surface area contributed by atoms with Gasteiger partial charge < -0.3 is 9.22 Å². The molecule has 1 unspecified atom stereocenters. The first-order valence-corrected chi connectivity index (χ1v) is 8.13. The summed E-state index contributed by atoms with van der Waals surface area (Å²) >= 11 is 0. The van der Waals surface area contributed by atoms with Gasteiger partial charge in [0.05, 0.1) is 6.10 Å². The molecule has 0 rings (SSSR count). The summed E-state index contributed by atoms with van der Waals surface area (Å²) in [7, 11) is -1.80. The second kappa shape index (κ2) is 5.45. The molecule has 0 saturated carbocycles. The third-order valence-corrected chi connectivity index (χ3v) is 7.39. The predicted octanol–water partition coefficient (Wildman–Crippen LogP) is 3.31. The van der Waals surface area contributed by atoms with E-state index in [1.807, 2.05) is 0 Å². The summed E-state index contributed by atoms with van der Waals surface area (Å²) in [5.74, 6) is 0. The molecule has 0 N–H and O–H groups in total. The average molecular weight is 226 g/mol. The largest absolute Gasteiger partial charge is 0.409 e. The van der Waals surface area contributed by atoms with Gasteiger partial charge in [-0.1, -0.05) is 27.4 Å². The molecule has 0 fully saturated rings. The van der Waals surface area contributed by atoms with Crippen molar-refractivity contribution in [3.8, 4) is 0 Å². The van der Waals surface area contributed by atoms with E-state index in [2.05, 4.69) is 46.2 Å². The van der Waals surface area contributed by atoms with Crippen LogP contribution >= 0.6 is 0 Å². The summed E-state index contributed by atoms with van der Waals surface area (Å²) in [6.45, 7) is 14.4. The molecule has 0 radical (unpaired) electrons. The number of hydrogen-bond acceptors (Lipinski definition) is 2. The molecule has 3 heteroatoms. The molecule has 15 heavy (non-hydrogen) atoms. The van der Waals surface area contributed by atoms with Crippen molar-refractivity contribution in [2.75, 3.05) is 0 Å². The van der Waals surface area contributed by atoms with Crippen molar-refractivity contribution in [3.63, 3.8) is 0 Å². The summed E-state index contributed by atoms with van der Waals surface area (Å²) in [5, 5.41) is 0.156. The van der Waals surface area contributed by atoms with Crippen LogP contribution < -0.4 is 0 Å². The van der Waals surface area contributed by atoms with E-state index in [9.17, 15) is 4.79 Å². The molecule has 0 aliphatic heterocycles. The van der Waals surface area contributed by atoms with Crippen molar-refractivity contribution in [1.29, 1.82) is 0 Å². The third kappa shape index (κ3) is 4.60. The zero-order chi connectivity index (χ0) is 12.1. The van der Waals surface area contributed by atoms with Crippen LogP contribution in [0.5, 0.6) is 0 Å². The molecule has 0 saturated heterocycles. The fraction of sp³-hybridized carbons (Fsp3) is 0.667. The zero-order valence-corrected chi connectivity index (χ0v) is 11.5. The van der Waals surface area contributed by atoms with Gasteiger partial charge in [-0.2, -0.15) is 0 Å². The Bertz CT molecular complexity index is 257. The van der Waals surface area contributed by atoms with Crippen LogP contribution in [0.4, 0.5) is 0 Å². The molecule has 0 spiro atoms. The predicted molar refractivity (Wildman–Crippen MR) is 66.5 cm³/mol. The summed E-state index contributed by atoms with van der Waals surface area (Å²) in [6.07, 6.45) is 2.83. The van der Waals surface area contributed by atoms with Gasteiger partial charge in [0.2, 0.25) is 0 Å². The van der Waals surface area contributed by atoms with Crippen molar-refractivity contribution in [2.24, 2.45) is 0 Å². The molecule has 0 aliphatic rings. The highest BCUT2D eigenvalue weighted by Gasteiger charge is 2.38. The highest BCUT2D eigenvalue weighted by Crippen LogP contribution is 2.37. The zero-order valence-electron chi connectivity index (χ0n) is 10.5. The van der Waals surface area contributed by atoms with Crippen LogP contribution in [0.25, 0.3) is 0 Å². The number of carbonyl (C=O) groups is 1. The Balaban J connectivity index is 4.65. The van der Waals surface area contributed by atoms with Gasteiger partial charge in [0.25, 0.3) is 0 Å². The second-order valence-electron chi connectivity index (χ2n) is 5.19. The van der Waals surface area contributed by atoms with E-state index in [4.69, 9.17) is 4.43 Å². The highest BCUT2D eigenvalue weighted by molar-refractivity contribution is 6.74. The molecule has 0 heterocycles. The minimum absolute atomic E-state index is 0.156. The fourth-order valence-electron chi connectivity index (χ4n) is 0.932. The van der Waals surface area contributed by atoms with E-state index in [1.165, 1.54) is 0 Å². The van der Waals surface area contributed by atoms with Crippen LogP contribution in [0, 0.1) is 0 Å². The molecule has 0 aromatic heterocycles. The van der Waals surface area contributed by atoms with Gasteiger partial charge in [0.1, 0.15) is 6.29 Å². The lowest BCUT2D eigenvalue weighted by molar-refractivity contribution is -0.108. The Morgan fingerprint density at radius 2 is 2.00 bits per heavy atom. The Labute approximate surface area is 94.2 Å². The van der Waals surface area contributed by atoms with Crippen LogP contribution in [0.1, 0.15) is 27.2 Å². The van der Waals surface area contributed by atoms with Crippen molar-refractivity contribution < 1.29 is 9.22 Å². The average Bonchev–Trinajstić information content (AvgIpc) is 2.02. The molecule has 1 atom stereocenters. The Morgan fingerprint density at radius 3 is 2.33 bits per heavy atom. The summed E-state index contributed by atoms with van der Waals surface area (Å²) in [5.41, 5.74) is 2.69. The summed E-state index contributed by atoms with van der Waals surface area (Å²) < 4.78 is 6.03. The second-order valence-corrected chi connectivity index (χ2v) is 9.95. The van der Waals surface area contributed by atoms with E-state index in [0.717, 1.165) is 6.29 Å². The van der Waals surface area contributed by atoms with Crippen molar-refractivity contribution in [1.82, 2.24) is 0 Å². The van der Waals surface area contributed by atoms with E-state index in [1.54, 1.807) is 6.08 Å². The van der Waals surface area contributed by atoms with Crippen molar-refractivity contribution >= 4 is 14.6 Å². The van der Waals surface area contributed by atoms with Gasteiger partial charge in [-0.15, -0.1) is 5.73 Å². The van der Waals surface area contributed by atoms with Crippen LogP contribution in [0.2, 0.25) is 18.1 Å². The maximum atomic E-state index is 10.5. The minimum Gasteiger partial charge on any atom is -0.409 e. The molecule has 0 aromatic carbocycles.